The number of rotatable bonds is 0. The van der Waals surface area contributed by atoms with E-state index in [4.69, 9.17) is 0 Å². The summed E-state index contributed by atoms with van der Waals surface area (Å²) >= 11 is 0. The molecule has 1 aliphatic rings. The summed E-state index contributed by atoms with van der Waals surface area (Å²) in [6.45, 7) is 0. The Balaban J connectivity index is -0.0000000833. The second-order valence-corrected chi connectivity index (χ2v) is 1.00. The number of allylic oxidation sites excluding steroid dienone is 4. The largest absolute Gasteiger partial charge is 2.00 e. The van der Waals surface area contributed by atoms with Crippen molar-refractivity contribution in [2.75, 3.05) is 0 Å². The maximum atomic E-state index is 2.99. The Morgan fingerprint density at radius 3 is 2.67 bits per heavy atom. The standard InChI is InChI=1S/C5H5.W.2H/c1-2-4-5-3-1;;;/h1-3H,4H2;;;/q-1;+2;2*-1. The van der Waals surface area contributed by atoms with Gasteiger partial charge in [0.15, 0.2) is 0 Å². The molecule has 0 fully saturated rings. The fraction of sp³-hybridized carbons (Fsp3) is 0.200. The third-order valence-electron chi connectivity index (χ3n) is 0.586. The summed E-state index contributed by atoms with van der Waals surface area (Å²) in [5.74, 6) is 0. The number of hydrogen-bond acceptors (Lipinski definition) is 0. The Labute approximate surface area is 55.2 Å². The Kier molecular flexibility index (Phi) is 3.46. The van der Waals surface area contributed by atoms with Crippen molar-refractivity contribution in [3.05, 3.63) is 24.3 Å². The molecular formula is C5H7W-. The van der Waals surface area contributed by atoms with Crippen molar-refractivity contribution in [2.24, 2.45) is 0 Å². The molecule has 0 N–H and O–H groups in total. The van der Waals surface area contributed by atoms with Gasteiger partial charge >= 0.3 is 21.1 Å². The van der Waals surface area contributed by atoms with Crippen LogP contribution in [0.25, 0.3) is 0 Å². The molecule has 0 heterocycles. The second-order valence-electron chi connectivity index (χ2n) is 1.00. The van der Waals surface area contributed by atoms with Crippen LogP contribution in [0.3, 0.4) is 0 Å². The van der Waals surface area contributed by atoms with E-state index >= 15 is 0 Å². The first kappa shape index (κ1) is 6.17. The van der Waals surface area contributed by atoms with Crippen LogP contribution in [0.4, 0.5) is 0 Å². The topological polar surface area (TPSA) is 0 Å². The Morgan fingerprint density at radius 1 is 1.67 bits per heavy atom. The molecule has 0 atom stereocenters. The third-order valence-corrected chi connectivity index (χ3v) is 0.586. The smallest absolute Gasteiger partial charge is 1.00 e. The zero-order valence-electron chi connectivity index (χ0n) is 5.35. The van der Waals surface area contributed by atoms with E-state index in [9.17, 15) is 0 Å². The van der Waals surface area contributed by atoms with Gasteiger partial charge in [-0.2, -0.15) is 6.08 Å². The van der Waals surface area contributed by atoms with E-state index < -0.39 is 0 Å². The van der Waals surface area contributed by atoms with E-state index in [1.807, 2.05) is 12.2 Å². The molecule has 0 aromatic carbocycles. The summed E-state index contributed by atoms with van der Waals surface area (Å²) in [7, 11) is 0. The zero-order chi connectivity index (χ0) is 3.54. The SMILES string of the molecule is [C-]1=CC=CC1.[H-].[H-].[W+2]. The summed E-state index contributed by atoms with van der Waals surface area (Å²) < 4.78 is 0. The van der Waals surface area contributed by atoms with Crippen LogP contribution in [0.1, 0.15) is 9.27 Å². The average Bonchev–Trinajstić information content (AvgIpc) is 1.76. The molecule has 1 rings (SSSR count). The third kappa shape index (κ3) is 1.57. The predicted molar refractivity (Wildman–Crippen MR) is 23.8 cm³/mol. The molecule has 0 unspecified atom stereocenters. The van der Waals surface area contributed by atoms with Crippen LogP contribution >= 0.6 is 0 Å². The molecule has 0 aromatic heterocycles. The molecule has 0 saturated heterocycles. The quantitative estimate of drug-likeness (QED) is 0.572. The van der Waals surface area contributed by atoms with Crippen LogP contribution < -0.4 is 0 Å². The van der Waals surface area contributed by atoms with Gasteiger partial charge in [0.05, 0.1) is 0 Å². The Bertz CT molecular complexity index is 68.5. The van der Waals surface area contributed by atoms with Gasteiger partial charge in [0.2, 0.25) is 0 Å². The van der Waals surface area contributed by atoms with Crippen LogP contribution in [-0.4, -0.2) is 0 Å². The van der Waals surface area contributed by atoms with Crippen molar-refractivity contribution in [1.82, 2.24) is 0 Å². The fourth-order valence-corrected chi connectivity index (χ4v) is 0.340. The van der Waals surface area contributed by atoms with Crippen molar-refractivity contribution < 1.29 is 23.9 Å². The van der Waals surface area contributed by atoms with Gasteiger partial charge in [-0.25, -0.2) is 12.2 Å². The van der Waals surface area contributed by atoms with Crippen molar-refractivity contribution in [3.8, 4) is 0 Å². The fourth-order valence-electron chi connectivity index (χ4n) is 0.340. The number of hydrogen-bond donors (Lipinski definition) is 0. The van der Waals surface area contributed by atoms with Crippen LogP contribution in [-0.2, 0) is 21.1 Å². The van der Waals surface area contributed by atoms with E-state index in [0.717, 1.165) is 6.42 Å². The second kappa shape index (κ2) is 3.36. The van der Waals surface area contributed by atoms with Crippen LogP contribution in [0, 0.1) is 6.08 Å². The minimum atomic E-state index is 0. The van der Waals surface area contributed by atoms with Gasteiger partial charge in [-0.3, -0.25) is 6.08 Å². The first-order valence-electron chi connectivity index (χ1n) is 1.72. The van der Waals surface area contributed by atoms with E-state index in [1.165, 1.54) is 0 Å². The first-order chi connectivity index (χ1) is 2.50. The molecule has 1 aliphatic carbocycles. The van der Waals surface area contributed by atoms with Crippen molar-refractivity contribution in [3.63, 3.8) is 0 Å². The van der Waals surface area contributed by atoms with Gasteiger partial charge in [-0.1, -0.05) is 0 Å². The minimum absolute atomic E-state index is 0. The summed E-state index contributed by atoms with van der Waals surface area (Å²) in [5, 5.41) is 0. The summed E-state index contributed by atoms with van der Waals surface area (Å²) in [5.41, 5.74) is 0. The molecule has 0 radical (unpaired) electrons. The maximum absolute atomic E-state index is 2.99. The van der Waals surface area contributed by atoms with E-state index in [1.54, 1.807) is 0 Å². The zero-order valence-corrected chi connectivity index (χ0v) is 6.28. The molecule has 0 bridgehead atoms. The Hall–Kier alpha value is 0.168. The van der Waals surface area contributed by atoms with E-state index in [-0.39, 0.29) is 23.9 Å². The van der Waals surface area contributed by atoms with Gasteiger partial charge < -0.3 is 2.85 Å². The minimum Gasteiger partial charge on any atom is -1.00 e. The molecule has 0 aromatic rings. The van der Waals surface area contributed by atoms with E-state index in [0.29, 0.717) is 0 Å². The first-order valence-corrected chi connectivity index (χ1v) is 1.72. The molecule has 34 valence electrons. The summed E-state index contributed by atoms with van der Waals surface area (Å²) in [4.78, 5) is 0. The molecule has 0 aliphatic heterocycles. The van der Waals surface area contributed by atoms with Crippen LogP contribution in [0.2, 0.25) is 0 Å². The van der Waals surface area contributed by atoms with E-state index in [2.05, 4.69) is 12.2 Å². The van der Waals surface area contributed by atoms with Gasteiger partial charge in [0.1, 0.15) is 0 Å². The molecule has 0 amide bonds. The van der Waals surface area contributed by atoms with Gasteiger partial charge in [0.25, 0.3) is 0 Å². The monoisotopic (exact) mass is 251 g/mol. The molecule has 0 nitrogen and oxygen atoms in total. The average molecular weight is 251 g/mol. The van der Waals surface area contributed by atoms with Crippen molar-refractivity contribution in [1.29, 1.82) is 0 Å². The molecule has 0 saturated carbocycles. The van der Waals surface area contributed by atoms with Crippen molar-refractivity contribution in [2.45, 2.75) is 6.42 Å². The summed E-state index contributed by atoms with van der Waals surface area (Å²) in [6, 6.07) is 0. The molecule has 0 spiro atoms. The normalized spacial score (nSPS) is 14.7. The van der Waals surface area contributed by atoms with Crippen LogP contribution in [0.5, 0.6) is 0 Å². The van der Waals surface area contributed by atoms with Crippen LogP contribution in [0.15, 0.2) is 18.2 Å². The van der Waals surface area contributed by atoms with Gasteiger partial charge in [0, 0.05) is 0 Å². The summed E-state index contributed by atoms with van der Waals surface area (Å²) in [6.07, 6.45) is 10.0. The van der Waals surface area contributed by atoms with Gasteiger partial charge in [-0.05, 0) is 0 Å². The van der Waals surface area contributed by atoms with Gasteiger partial charge in [-0.15, -0.1) is 6.42 Å². The predicted octanol–water partition coefficient (Wildman–Crippen LogP) is 1.53. The van der Waals surface area contributed by atoms with Crippen molar-refractivity contribution >= 4 is 0 Å². The molecular weight excluding hydrogens is 244 g/mol. The Morgan fingerprint density at radius 2 is 2.50 bits per heavy atom. The molecule has 6 heavy (non-hydrogen) atoms. The maximum Gasteiger partial charge on any atom is 2.00 e. The molecule has 1 heteroatoms.